The molecule has 104 heavy (non-hydrogen) atoms. The van der Waals surface area contributed by atoms with Crippen LogP contribution in [0.25, 0.3) is 0 Å². The Bertz CT molecular complexity index is 4750. The zero-order chi connectivity index (χ0) is 73.8. The highest BCUT2D eigenvalue weighted by Crippen LogP contribution is 2.44. The second kappa shape index (κ2) is 31.4. The molecule has 0 aliphatic carbocycles. The number of non-ortho nitro benzene ring substituents is 3. The van der Waals surface area contributed by atoms with Crippen molar-refractivity contribution in [2.75, 3.05) is 20.4 Å². The number of nitro benzene ring substituents is 3. The highest BCUT2D eigenvalue weighted by atomic mass is 19.1. The van der Waals surface area contributed by atoms with Crippen LogP contribution in [-0.4, -0.2) is 14.8 Å². The van der Waals surface area contributed by atoms with Gasteiger partial charge in [-0.3, -0.25) is 30.3 Å². The van der Waals surface area contributed by atoms with Crippen LogP contribution in [-0.2, 0) is 21.7 Å². The summed E-state index contributed by atoms with van der Waals surface area (Å²) in [7, 11) is 0. The van der Waals surface area contributed by atoms with Crippen molar-refractivity contribution in [3.63, 3.8) is 0 Å². The summed E-state index contributed by atoms with van der Waals surface area (Å²) in [5.41, 5.74) is 24.4. The van der Waals surface area contributed by atoms with Gasteiger partial charge in [0.05, 0.1) is 14.8 Å². The van der Waals surface area contributed by atoms with Crippen molar-refractivity contribution in [2.45, 2.75) is 77.0 Å². The number of halogens is 1. The second-order valence-electron chi connectivity index (χ2n) is 27.5. The molecule has 0 fully saturated rings. The van der Waals surface area contributed by atoms with Crippen molar-refractivity contribution in [1.29, 1.82) is 0 Å². The minimum atomic E-state index is -0.570. The van der Waals surface area contributed by atoms with Gasteiger partial charge in [0.15, 0.2) is 0 Å². The zero-order valence-corrected chi connectivity index (χ0v) is 59.4. The predicted octanol–water partition coefficient (Wildman–Crippen LogP) is 24.2. The fourth-order valence-electron chi connectivity index (χ4n) is 12.9. The average molecular weight is 1380 g/mol. The number of hydrogen-bond acceptors (Lipinski definition) is 10. The van der Waals surface area contributed by atoms with Crippen molar-refractivity contribution < 1.29 is 19.2 Å². The summed E-state index contributed by atoms with van der Waals surface area (Å²) in [5.74, 6) is -0.467. The maximum absolute atomic E-state index is 12.1. The summed E-state index contributed by atoms with van der Waals surface area (Å²) in [6.07, 6.45) is 0. The molecule has 13 aromatic rings. The van der Waals surface area contributed by atoms with Gasteiger partial charge in [-0.05, 0) is 178 Å². The minimum absolute atomic E-state index is 0.0280. The van der Waals surface area contributed by atoms with Gasteiger partial charge in [0.25, 0.3) is 17.1 Å². The third kappa shape index (κ3) is 16.5. The summed E-state index contributed by atoms with van der Waals surface area (Å²) in [5, 5.41) is 32.9. The van der Waals surface area contributed by atoms with E-state index in [1.807, 2.05) is 53.4 Å². The van der Waals surface area contributed by atoms with E-state index in [2.05, 4.69) is 284 Å². The largest absolute Gasteiger partial charge is 0.399 e. The van der Waals surface area contributed by atoms with Crippen LogP contribution in [0.3, 0.4) is 0 Å². The van der Waals surface area contributed by atoms with Crippen LogP contribution in [0.2, 0.25) is 0 Å². The van der Waals surface area contributed by atoms with E-state index in [1.54, 1.807) is 24.3 Å². The topological polar surface area (TPSA) is 165 Å². The molecule has 0 saturated heterocycles. The van der Waals surface area contributed by atoms with Crippen LogP contribution in [0.4, 0.5) is 78.3 Å². The number of nitro groups is 3. The molecule has 0 amide bonds. The van der Waals surface area contributed by atoms with Crippen molar-refractivity contribution in [3.05, 3.63) is 420 Å². The maximum Gasteiger partial charge on any atom is 0.269 e. The Balaban J connectivity index is 0.000000193. The lowest BCUT2D eigenvalue weighted by molar-refractivity contribution is -0.385. The number of hydrogen-bond donors (Lipinski definition) is 1. The Morgan fingerprint density at radius 1 is 0.240 bits per heavy atom. The second-order valence-corrected chi connectivity index (χ2v) is 27.5. The van der Waals surface area contributed by atoms with Crippen LogP contribution in [0.15, 0.2) is 340 Å². The molecule has 14 heteroatoms. The van der Waals surface area contributed by atoms with Gasteiger partial charge < -0.3 is 20.4 Å². The zero-order valence-electron chi connectivity index (χ0n) is 59.4. The Kier molecular flexibility index (Phi) is 21.9. The minimum Gasteiger partial charge on any atom is -0.399 e. The number of benzene rings is 13. The Morgan fingerprint density at radius 3 is 0.587 bits per heavy atom. The standard InChI is InChI=1S/C48H42N4O4.C36H36N2.C6H4FNO2/c1-47(2,35-11-7-5-8-12-35)37-15-19-39(20-16-37)49(40-21-17-38(18-22-40)48(3,4)36-13-9-6-10-14-36)41-23-25-42(26-24-41)50(43-27-31-45(32-28-43)51(53)54)44-29-33-46(34-30-44)52(55)56;1-35(2,27-11-7-5-8-12-27)29-15-21-32(22-16-29)38(34-25-19-31(37)20-26-34)33-23-17-30(18-24-33)36(3,4)28-13-9-6-10-14-28;7-5-1-3-6(4-2-5)8(9)10/h5-34H,1-4H3;5-26H,37H2,1-4H3;1-4H. The normalized spacial score (nSPS) is 11.4. The third-order valence-electron chi connectivity index (χ3n) is 19.6. The van der Waals surface area contributed by atoms with Crippen LogP contribution in [0, 0.1) is 36.2 Å². The van der Waals surface area contributed by atoms with Gasteiger partial charge in [-0.15, -0.1) is 0 Å². The van der Waals surface area contributed by atoms with Gasteiger partial charge in [-0.25, -0.2) is 4.39 Å². The fourth-order valence-corrected chi connectivity index (χ4v) is 12.9. The average Bonchev–Trinajstić information content (AvgIpc) is 0.777. The molecule has 0 aliphatic rings. The van der Waals surface area contributed by atoms with Crippen molar-refractivity contribution in [3.8, 4) is 0 Å². The number of anilines is 10. The molecular weight excluding hydrogens is 1290 g/mol. The van der Waals surface area contributed by atoms with Gasteiger partial charge in [-0.1, -0.05) is 225 Å². The summed E-state index contributed by atoms with van der Waals surface area (Å²) >= 11 is 0. The smallest absolute Gasteiger partial charge is 0.269 e. The van der Waals surface area contributed by atoms with Crippen LogP contribution >= 0.6 is 0 Å². The summed E-state index contributed by atoms with van der Waals surface area (Å²) in [6.45, 7) is 18.1. The number of rotatable bonds is 20. The third-order valence-corrected chi connectivity index (χ3v) is 19.6. The monoisotopic (exact) mass is 1380 g/mol. The van der Waals surface area contributed by atoms with E-state index in [1.165, 1.54) is 68.8 Å². The SMILES string of the molecule is CC(C)(c1ccccc1)c1ccc(N(c2ccc(N(c3ccc([N+](=O)[O-])cc3)c3ccc([N+](=O)[O-])cc3)cc2)c2ccc(C(C)(C)c3ccccc3)cc2)cc1.CC(C)(c1ccccc1)c1ccc(N(c2ccc(N)cc2)c2ccc(C(C)(C)c3ccccc3)cc2)cc1.O=[N+]([O-])c1ccc(F)cc1. The van der Waals surface area contributed by atoms with Crippen LogP contribution in [0.1, 0.15) is 99.9 Å². The Hall–Kier alpha value is -12.8. The number of nitrogens with zero attached hydrogens (tertiary/aromatic N) is 6. The molecule has 13 rings (SSSR count). The van der Waals surface area contributed by atoms with Gasteiger partial charge in [0.2, 0.25) is 0 Å². The first-order chi connectivity index (χ1) is 49.9. The summed E-state index contributed by atoms with van der Waals surface area (Å²) < 4.78 is 12.1. The van der Waals surface area contributed by atoms with E-state index in [4.69, 9.17) is 5.73 Å². The predicted molar refractivity (Wildman–Crippen MR) is 422 cm³/mol. The first kappa shape index (κ1) is 72.4. The molecule has 520 valence electrons. The molecule has 0 aromatic heterocycles. The molecule has 2 N–H and O–H groups in total. The highest BCUT2D eigenvalue weighted by Gasteiger charge is 2.29. The van der Waals surface area contributed by atoms with Crippen LogP contribution < -0.4 is 20.4 Å². The lowest BCUT2D eigenvalue weighted by atomic mass is 9.78. The van der Waals surface area contributed by atoms with Gasteiger partial charge in [-0.2, -0.15) is 0 Å². The lowest BCUT2D eigenvalue weighted by Gasteiger charge is -2.31. The summed E-state index contributed by atoms with van der Waals surface area (Å²) in [4.78, 5) is 37.9. The molecule has 13 nitrogen and oxygen atoms in total. The van der Waals surface area contributed by atoms with E-state index in [9.17, 15) is 34.7 Å². The fraction of sp³-hybridized carbons (Fsp3) is 0.133. The number of nitrogens with two attached hydrogens (primary N) is 1. The number of nitrogen functional groups attached to an aromatic ring is 1. The van der Waals surface area contributed by atoms with E-state index in [0.29, 0.717) is 11.4 Å². The Morgan fingerprint density at radius 2 is 0.394 bits per heavy atom. The van der Waals surface area contributed by atoms with Gasteiger partial charge >= 0.3 is 0 Å². The van der Waals surface area contributed by atoms with E-state index in [0.717, 1.165) is 69.8 Å². The van der Waals surface area contributed by atoms with Crippen molar-refractivity contribution in [1.82, 2.24) is 0 Å². The molecule has 0 saturated carbocycles. The summed E-state index contributed by atoms with van der Waals surface area (Å²) in [6, 6.07) is 111. The van der Waals surface area contributed by atoms with E-state index >= 15 is 0 Å². The van der Waals surface area contributed by atoms with Crippen molar-refractivity contribution >= 4 is 73.9 Å². The molecule has 0 spiro atoms. The molecule has 0 atom stereocenters. The van der Waals surface area contributed by atoms with Gasteiger partial charge in [0, 0.05) is 115 Å². The van der Waals surface area contributed by atoms with E-state index in [-0.39, 0.29) is 38.7 Å². The highest BCUT2D eigenvalue weighted by molar-refractivity contribution is 5.82. The Labute approximate surface area is 607 Å². The lowest BCUT2D eigenvalue weighted by Crippen LogP contribution is -2.19. The molecule has 13 aromatic carbocycles. The van der Waals surface area contributed by atoms with Gasteiger partial charge in [0.1, 0.15) is 5.82 Å². The first-order valence-corrected chi connectivity index (χ1v) is 34.3. The molecule has 0 radical (unpaired) electrons. The van der Waals surface area contributed by atoms with E-state index < -0.39 is 20.6 Å². The molecule has 0 bridgehead atoms. The quantitative estimate of drug-likeness (QED) is 0.0441. The first-order valence-electron chi connectivity index (χ1n) is 34.3. The van der Waals surface area contributed by atoms with Crippen LogP contribution in [0.5, 0.6) is 0 Å². The molecule has 0 unspecified atom stereocenters. The maximum atomic E-state index is 12.1. The molecule has 0 aliphatic heterocycles. The molecular formula is C90H82FN7O6. The van der Waals surface area contributed by atoms with Crippen molar-refractivity contribution in [2.24, 2.45) is 0 Å². The molecule has 0 heterocycles.